The average Bonchev–Trinajstić information content (AvgIpc) is 3.26. The molecule has 2 amide bonds. The first kappa shape index (κ1) is 19.3. The number of anilines is 2. The highest BCUT2D eigenvalue weighted by Crippen LogP contribution is 2.47. The Kier molecular flexibility index (Phi) is 4.85. The van der Waals surface area contributed by atoms with Gasteiger partial charge in [0.15, 0.2) is 6.10 Å². The van der Waals surface area contributed by atoms with Crippen LogP contribution in [0.15, 0.2) is 83.3 Å². The third-order valence-corrected chi connectivity index (χ3v) is 6.16. The number of rotatable bonds is 3. The van der Waals surface area contributed by atoms with Crippen LogP contribution in [0, 0.1) is 5.92 Å². The van der Waals surface area contributed by atoms with Crippen molar-refractivity contribution in [1.82, 2.24) is 0 Å². The van der Waals surface area contributed by atoms with E-state index in [9.17, 15) is 9.59 Å². The Bertz CT molecular complexity index is 1120. The molecule has 30 heavy (non-hydrogen) atoms. The molecule has 0 bridgehead atoms. The van der Waals surface area contributed by atoms with Gasteiger partial charge in [-0.2, -0.15) is 0 Å². The zero-order valence-corrected chi connectivity index (χ0v) is 18.0. The molecule has 7 heteroatoms. The smallest absolute Gasteiger partial charge is 0.266 e. The molecule has 3 aromatic carbocycles. The summed E-state index contributed by atoms with van der Waals surface area (Å²) in [6.07, 6.45) is -0.898. The van der Waals surface area contributed by atoms with Gasteiger partial charge in [0.25, 0.3) is 5.91 Å². The van der Waals surface area contributed by atoms with Crippen LogP contribution in [0.3, 0.4) is 0 Å². The summed E-state index contributed by atoms with van der Waals surface area (Å²) < 4.78 is 0.869. The highest BCUT2D eigenvalue weighted by molar-refractivity contribution is 9.10. The quantitative estimate of drug-likeness (QED) is 0.483. The topological polar surface area (TPSA) is 49.9 Å². The largest absolute Gasteiger partial charge is 0.273 e. The molecule has 0 radical (unpaired) electrons. The average molecular weight is 484 g/mol. The standard InChI is InChI=1S/C23H16BrClN2O3/c24-15-9-11-17(12-10-15)26-22(28)19-20(14-5-4-6-16(25)13-14)27(30-21(19)23(26)29)18-7-2-1-3-8-18/h1-13,19-21H/t19-,20-,21-/m0/s1. The second-order valence-electron chi connectivity index (χ2n) is 7.20. The molecule has 2 aliphatic rings. The lowest BCUT2D eigenvalue weighted by Crippen LogP contribution is -2.37. The normalized spacial score (nSPS) is 23.2. The number of hydrogen-bond donors (Lipinski definition) is 0. The zero-order chi connectivity index (χ0) is 20.8. The van der Waals surface area contributed by atoms with Gasteiger partial charge in [-0.15, -0.1) is 0 Å². The molecular weight excluding hydrogens is 468 g/mol. The van der Waals surface area contributed by atoms with Crippen LogP contribution in [-0.2, 0) is 14.4 Å². The Morgan fingerprint density at radius 2 is 1.57 bits per heavy atom. The van der Waals surface area contributed by atoms with Gasteiger partial charge in [-0.05, 0) is 54.1 Å². The SMILES string of the molecule is O=C1[C@@H]2[C@H](ON(c3ccccc3)[C@H]2c2cccc(Cl)c2)C(=O)N1c1ccc(Br)cc1. The van der Waals surface area contributed by atoms with Crippen LogP contribution in [0.1, 0.15) is 11.6 Å². The molecule has 0 N–H and O–H groups in total. The van der Waals surface area contributed by atoms with Gasteiger partial charge in [-0.3, -0.25) is 14.4 Å². The van der Waals surface area contributed by atoms with Crippen LogP contribution in [0.2, 0.25) is 5.02 Å². The first-order valence-corrected chi connectivity index (χ1v) is 10.6. The molecule has 150 valence electrons. The number of hydrogen-bond acceptors (Lipinski definition) is 4. The van der Waals surface area contributed by atoms with E-state index in [-0.39, 0.29) is 11.8 Å². The first-order chi connectivity index (χ1) is 14.5. The fraction of sp³-hybridized carbons (Fsp3) is 0.130. The summed E-state index contributed by atoms with van der Waals surface area (Å²) in [5.41, 5.74) is 2.12. The summed E-state index contributed by atoms with van der Waals surface area (Å²) in [7, 11) is 0. The fourth-order valence-corrected chi connectivity index (χ4v) is 4.55. The van der Waals surface area contributed by atoms with Gasteiger partial charge in [0.2, 0.25) is 5.91 Å². The van der Waals surface area contributed by atoms with Crippen molar-refractivity contribution in [2.75, 3.05) is 9.96 Å². The predicted molar refractivity (Wildman–Crippen MR) is 118 cm³/mol. The maximum atomic E-state index is 13.5. The second kappa shape index (κ2) is 7.54. The van der Waals surface area contributed by atoms with E-state index >= 15 is 0 Å². The lowest BCUT2D eigenvalue weighted by atomic mass is 9.90. The molecule has 2 aliphatic heterocycles. The summed E-state index contributed by atoms with van der Waals surface area (Å²) in [5, 5.41) is 2.22. The molecule has 5 nitrogen and oxygen atoms in total. The van der Waals surface area contributed by atoms with Crippen molar-refractivity contribution in [3.63, 3.8) is 0 Å². The number of halogens is 2. The van der Waals surface area contributed by atoms with E-state index in [0.717, 1.165) is 15.7 Å². The van der Waals surface area contributed by atoms with Crippen LogP contribution in [0.4, 0.5) is 11.4 Å². The van der Waals surface area contributed by atoms with Gasteiger partial charge < -0.3 is 0 Å². The molecule has 2 fully saturated rings. The van der Waals surface area contributed by atoms with Gasteiger partial charge in [-0.1, -0.05) is 57.9 Å². The Morgan fingerprint density at radius 3 is 2.27 bits per heavy atom. The first-order valence-electron chi connectivity index (χ1n) is 9.44. The fourth-order valence-electron chi connectivity index (χ4n) is 4.09. The maximum absolute atomic E-state index is 13.5. The van der Waals surface area contributed by atoms with Gasteiger partial charge in [-0.25, -0.2) is 9.96 Å². The van der Waals surface area contributed by atoms with E-state index in [4.69, 9.17) is 16.4 Å². The van der Waals surface area contributed by atoms with Gasteiger partial charge in [0.1, 0.15) is 5.92 Å². The molecule has 2 saturated heterocycles. The number of amides is 2. The van der Waals surface area contributed by atoms with Crippen LogP contribution in [0.5, 0.6) is 0 Å². The van der Waals surface area contributed by atoms with Crippen LogP contribution in [0.25, 0.3) is 0 Å². The van der Waals surface area contributed by atoms with E-state index in [0.29, 0.717) is 10.7 Å². The number of para-hydroxylation sites is 1. The number of hydroxylamine groups is 1. The lowest BCUT2D eigenvalue weighted by Gasteiger charge is -2.28. The van der Waals surface area contributed by atoms with E-state index in [1.807, 2.05) is 48.5 Å². The third kappa shape index (κ3) is 3.12. The number of carbonyl (C=O) groups is 2. The number of imide groups is 1. The highest BCUT2D eigenvalue weighted by atomic mass is 79.9. The molecule has 0 spiro atoms. The molecule has 3 atom stereocenters. The second-order valence-corrected chi connectivity index (χ2v) is 8.55. The molecule has 5 rings (SSSR count). The summed E-state index contributed by atoms with van der Waals surface area (Å²) in [6.45, 7) is 0. The Labute approximate surface area is 186 Å². The summed E-state index contributed by atoms with van der Waals surface area (Å²) >= 11 is 9.62. The summed E-state index contributed by atoms with van der Waals surface area (Å²) in [5.74, 6) is -1.33. The highest BCUT2D eigenvalue weighted by Gasteiger charge is 2.60. The molecule has 0 unspecified atom stereocenters. The minimum absolute atomic E-state index is 0.282. The Balaban J connectivity index is 1.59. The third-order valence-electron chi connectivity index (χ3n) is 5.40. The van der Waals surface area contributed by atoms with Gasteiger partial charge in [0.05, 0.1) is 17.4 Å². The van der Waals surface area contributed by atoms with E-state index in [1.165, 1.54) is 4.90 Å². The maximum Gasteiger partial charge on any atom is 0.266 e. The van der Waals surface area contributed by atoms with Crippen molar-refractivity contribution in [2.24, 2.45) is 5.92 Å². The Hall–Kier alpha value is -2.67. The van der Waals surface area contributed by atoms with Crippen molar-refractivity contribution in [2.45, 2.75) is 12.1 Å². The van der Waals surface area contributed by atoms with E-state index < -0.39 is 18.1 Å². The van der Waals surface area contributed by atoms with Crippen LogP contribution < -0.4 is 9.96 Å². The Morgan fingerprint density at radius 1 is 0.833 bits per heavy atom. The minimum atomic E-state index is -0.898. The summed E-state index contributed by atoms with van der Waals surface area (Å²) in [4.78, 5) is 34.0. The zero-order valence-electron chi connectivity index (χ0n) is 15.6. The van der Waals surface area contributed by atoms with Crippen LogP contribution >= 0.6 is 27.5 Å². The van der Waals surface area contributed by atoms with Crippen molar-refractivity contribution >= 4 is 50.7 Å². The molecular formula is C23H16BrClN2O3. The van der Waals surface area contributed by atoms with E-state index in [2.05, 4.69) is 15.9 Å². The molecule has 0 saturated carbocycles. The number of fused-ring (bicyclic) bond motifs is 1. The number of benzene rings is 3. The van der Waals surface area contributed by atoms with Crippen molar-refractivity contribution in [1.29, 1.82) is 0 Å². The monoisotopic (exact) mass is 482 g/mol. The van der Waals surface area contributed by atoms with Crippen molar-refractivity contribution in [3.8, 4) is 0 Å². The van der Waals surface area contributed by atoms with Crippen molar-refractivity contribution in [3.05, 3.63) is 93.9 Å². The number of carbonyl (C=O) groups excluding carboxylic acids is 2. The summed E-state index contributed by atoms with van der Waals surface area (Å²) in [6, 6.07) is 23.4. The minimum Gasteiger partial charge on any atom is -0.273 e. The van der Waals surface area contributed by atoms with E-state index in [1.54, 1.807) is 35.4 Å². The molecule has 3 aromatic rings. The predicted octanol–water partition coefficient (Wildman–Crippen LogP) is 5.15. The van der Waals surface area contributed by atoms with Gasteiger partial charge >= 0.3 is 0 Å². The van der Waals surface area contributed by atoms with Crippen LogP contribution in [-0.4, -0.2) is 17.9 Å². The van der Waals surface area contributed by atoms with Gasteiger partial charge in [0, 0.05) is 9.50 Å². The molecule has 2 heterocycles. The molecule has 0 aliphatic carbocycles. The number of nitrogens with zero attached hydrogens (tertiary/aromatic N) is 2. The lowest BCUT2D eigenvalue weighted by molar-refractivity contribution is -0.126. The van der Waals surface area contributed by atoms with Crippen molar-refractivity contribution < 1.29 is 14.4 Å². The molecule has 0 aromatic heterocycles.